The van der Waals surface area contributed by atoms with Gasteiger partial charge < -0.3 is 10.3 Å². The first-order valence-corrected chi connectivity index (χ1v) is 6.01. The van der Waals surface area contributed by atoms with Gasteiger partial charge in [-0.15, -0.1) is 0 Å². The first-order chi connectivity index (χ1) is 8.70. The molecule has 0 bridgehead atoms. The lowest BCUT2D eigenvalue weighted by molar-refractivity contribution is 0.0929. The quantitative estimate of drug-likeness (QED) is 0.833. The van der Waals surface area contributed by atoms with Crippen molar-refractivity contribution in [3.05, 3.63) is 47.3 Å². The lowest BCUT2D eigenvalue weighted by atomic mass is 10.2. The Morgan fingerprint density at radius 2 is 2.39 bits per heavy atom. The molecule has 0 aromatic carbocycles. The summed E-state index contributed by atoms with van der Waals surface area (Å²) in [6.07, 6.45) is 4.11. The van der Waals surface area contributed by atoms with Gasteiger partial charge in [0.2, 0.25) is 0 Å². The molecule has 0 aliphatic rings. The Bertz CT molecular complexity index is 527. The van der Waals surface area contributed by atoms with Crippen LogP contribution in [0, 0.1) is 0 Å². The minimum Gasteiger partial charge on any atom is -0.347 e. The van der Waals surface area contributed by atoms with Gasteiger partial charge in [-0.1, -0.05) is 24.6 Å². The maximum Gasteiger partial charge on any atom is 0.270 e. The average molecular weight is 265 g/mol. The second-order valence-electron chi connectivity index (χ2n) is 3.75. The average Bonchev–Trinajstić information content (AvgIpc) is 2.89. The number of aromatic amines is 1. The Morgan fingerprint density at radius 3 is 3.00 bits per heavy atom. The van der Waals surface area contributed by atoms with Gasteiger partial charge in [0.25, 0.3) is 5.91 Å². The Balaban J connectivity index is 2.11. The first kappa shape index (κ1) is 12.6. The predicted molar refractivity (Wildman–Crippen MR) is 68.3 cm³/mol. The summed E-state index contributed by atoms with van der Waals surface area (Å²) in [4.78, 5) is 23.1. The van der Waals surface area contributed by atoms with Crippen LogP contribution < -0.4 is 5.32 Å². The third-order valence-corrected chi connectivity index (χ3v) is 2.72. The van der Waals surface area contributed by atoms with Gasteiger partial charge in [0.05, 0.1) is 6.04 Å². The van der Waals surface area contributed by atoms with E-state index < -0.39 is 0 Å². The summed E-state index contributed by atoms with van der Waals surface area (Å²) in [5, 5.41) is 3.16. The van der Waals surface area contributed by atoms with Crippen LogP contribution >= 0.6 is 11.6 Å². The van der Waals surface area contributed by atoms with Gasteiger partial charge in [-0.05, 0) is 18.6 Å². The molecule has 2 aromatic heterocycles. The highest BCUT2D eigenvalue weighted by Crippen LogP contribution is 2.13. The van der Waals surface area contributed by atoms with Crippen molar-refractivity contribution < 1.29 is 4.79 Å². The molecule has 0 radical (unpaired) electrons. The SMILES string of the molecule is CCC(NC(=O)c1cccc(Cl)n1)c1ncc[nH]1. The molecule has 6 heteroatoms. The van der Waals surface area contributed by atoms with E-state index in [1.807, 2.05) is 6.92 Å². The second-order valence-corrected chi connectivity index (χ2v) is 4.14. The molecule has 1 unspecified atom stereocenters. The van der Waals surface area contributed by atoms with E-state index in [-0.39, 0.29) is 11.9 Å². The fourth-order valence-corrected chi connectivity index (χ4v) is 1.76. The van der Waals surface area contributed by atoms with Gasteiger partial charge in [0, 0.05) is 12.4 Å². The molecule has 0 fully saturated rings. The number of rotatable bonds is 4. The topological polar surface area (TPSA) is 70.7 Å². The zero-order chi connectivity index (χ0) is 13.0. The summed E-state index contributed by atoms with van der Waals surface area (Å²) in [6, 6.07) is 4.78. The number of carbonyl (C=O) groups is 1. The molecule has 1 atom stereocenters. The van der Waals surface area contributed by atoms with Gasteiger partial charge in [-0.25, -0.2) is 9.97 Å². The number of carbonyl (C=O) groups excluding carboxylic acids is 1. The number of nitrogens with one attached hydrogen (secondary N) is 2. The fraction of sp³-hybridized carbons (Fsp3) is 0.250. The molecule has 0 spiro atoms. The van der Waals surface area contributed by atoms with Crippen molar-refractivity contribution >= 4 is 17.5 Å². The summed E-state index contributed by atoms with van der Waals surface area (Å²) < 4.78 is 0. The third-order valence-electron chi connectivity index (χ3n) is 2.51. The van der Waals surface area contributed by atoms with Crippen LogP contribution in [0.2, 0.25) is 5.15 Å². The molecule has 2 aromatic rings. The lowest BCUT2D eigenvalue weighted by Crippen LogP contribution is -2.29. The largest absolute Gasteiger partial charge is 0.347 e. The van der Waals surface area contributed by atoms with Crippen LogP contribution in [-0.4, -0.2) is 20.9 Å². The highest BCUT2D eigenvalue weighted by atomic mass is 35.5. The summed E-state index contributed by atoms with van der Waals surface area (Å²) in [5.74, 6) is 0.466. The van der Waals surface area contributed by atoms with Crippen molar-refractivity contribution in [3.8, 4) is 0 Å². The van der Waals surface area contributed by atoms with Crippen LogP contribution in [0.3, 0.4) is 0 Å². The molecule has 0 saturated carbocycles. The van der Waals surface area contributed by atoms with Crippen LogP contribution in [-0.2, 0) is 0 Å². The van der Waals surface area contributed by atoms with Crippen molar-refractivity contribution in [2.75, 3.05) is 0 Å². The van der Waals surface area contributed by atoms with Crippen LogP contribution in [0.15, 0.2) is 30.6 Å². The van der Waals surface area contributed by atoms with E-state index in [0.717, 1.165) is 12.2 Å². The van der Waals surface area contributed by atoms with Crippen molar-refractivity contribution in [1.82, 2.24) is 20.3 Å². The molecular weight excluding hydrogens is 252 g/mol. The Labute approximate surface area is 110 Å². The smallest absolute Gasteiger partial charge is 0.270 e. The molecular formula is C12H13ClN4O. The molecule has 1 amide bonds. The molecule has 0 saturated heterocycles. The molecule has 0 aliphatic carbocycles. The molecule has 2 rings (SSSR count). The number of amides is 1. The van der Waals surface area contributed by atoms with Crippen LogP contribution in [0.5, 0.6) is 0 Å². The number of imidazole rings is 1. The molecule has 0 aliphatic heterocycles. The monoisotopic (exact) mass is 264 g/mol. The van der Waals surface area contributed by atoms with E-state index in [2.05, 4.69) is 20.3 Å². The Kier molecular flexibility index (Phi) is 3.94. The number of pyridine rings is 1. The van der Waals surface area contributed by atoms with Crippen molar-refractivity contribution in [1.29, 1.82) is 0 Å². The van der Waals surface area contributed by atoms with E-state index in [4.69, 9.17) is 11.6 Å². The van der Waals surface area contributed by atoms with E-state index in [1.165, 1.54) is 0 Å². The van der Waals surface area contributed by atoms with Crippen LogP contribution in [0.4, 0.5) is 0 Å². The maximum atomic E-state index is 12.0. The van der Waals surface area contributed by atoms with Gasteiger partial charge >= 0.3 is 0 Å². The molecule has 2 N–H and O–H groups in total. The summed E-state index contributed by atoms with van der Waals surface area (Å²) in [6.45, 7) is 1.97. The minimum absolute atomic E-state index is 0.159. The molecule has 2 heterocycles. The van der Waals surface area contributed by atoms with E-state index in [1.54, 1.807) is 30.6 Å². The number of nitrogens with zero attached hydrogens (tertiary/aromatic N) is 2. The maximum absolute atomic E-state index is 12.0. The van der Waals surface area contributed by atoms with Crippen molar-refractivity contribution in [2.45, 2.75) is 19.4 Å². The molecule has 94 valence electrons. The zero-order valence-corrected chi connectivity index (χ0v) is 10.6. The van der Waals surface area contributed by atoms with Gasteiger partial charge in [0.1, 0.15) is 16.7 Å². The zero-order valence-electron chi connectivity index (χ0n) is 9.85. The highest BCUT2D eigenvalue weighted by molar-refractivity contribution is 6.29. The first-order valence-electron chi connectivity index (χ1n) is 5.63. The number of hydrogen-bond donors (Lipinski definition) is 2. The predicted octanol–water partition coefficient (Wildman–Crippen LogP) is 2.34. The van der Waals surface area contributed by atoms with Gasteiger partial charge in [-0.3, -0.25) is 4.79 Å². The highest BCUT2D eigenvalue weighted by Gasteiger charge is 2.16. The summed E-state index contributed by atoms with van der Waals surface area (Å²) in [5.41, 5.74) is 0.299. The lowest BCUT2D eigenvalue weighted by Gasteiger charge is -2.14. The van der Waals surface area contributed by atoms with Gasteiger partial charge in [-0.2, -0.15) is 0 Å². The normalized spacial score (nSPS) is 12.1. The van der Waals surface area contributed by atoms with E-state index in [9.17, 15) is 4.79 Å². The van der Waals surface area contributed by atoms with E-state index >= 15 is 0 Å². The van der Waals surface area contributed by atoms with Crippen LogP contribution in [0.25, 0.3) is 0 Å². The van der Waals surface area contributed by atoms with E-state index in [0.29, 0.717) is 10.8 Å². The fourth-order valence-electron chi connectivity index (χ4n) is 1.60. The number of halogens is 1. The summed E-state index contributed by atoms with van der Waals surface area (Å²) in [7, 11) is 0. The number of H-pyrrole nitrogens is 1. The second kappa shape index (κ2) is 5.64. The third kappa shape index (κ3) is 2.87. The Hall–Kier alpha value is -1.88. The minimum atomic E-state index is -0.263. The summed E-state index contributed by atoms with van der Waals surface area (Å²) >= 11 is 5.75. The van der Waals surface area contributed by atoms with Crippen molar-refractivity contribution in [3.63, 3.8) is 0 Å². The van der Waals surface area contributed by atoms with Crippen LogP contribution in [0.1, 0.15) is 35.7 Å². The molecule has 18 heavy (non-hydrogen) atoms. The van der Waals surface area contributed by atoms with Crippen molar-refractivity contribution in [2.24, 2.45) is 0 Å². The number of hydrogen-bond acceptors (Lipinski definition) is 3. The number of aromatic nitrogens is 3. The standard InChI is InChI=1S/C12H13ClN4O/c1-2-8(11-14-6-7-15-11)17-12(18)9-4-3-5-10(13)16-9/h3-8H,2H2,1H3,(H,14,15)(H,17,18). The molecule has 5 nitrogen and oxygen atoms in total. The van der Waals surface area contributed by atoms with Gasteiger partial charge in [0.15, 0.2) is 0 Å². The Morgan fingerprint density at radius 1 is 1.56 bits per heavy atom.